The Bertz CT molecular complexity index is 916. The molecule has 0 fully saturated rings. The second-order valence-electron chi connectivity index (χ2n) is 6.46. The van der Waals surface area contributed by atoms with Gasteiger partial charge in [-0.15, -0.1) is 10.2 Å². The van der Waals surface area contributed by atoms with Crippen LogP contribution >= 0.6 is 11.8 Å². The molecular weight excluding hydrogens is 362 g/mol. The topological polar surface area (TPSA) is 65.3 Å². The average Bonchev–Trinajstić information content (AvgIpc) is 3.28. The first-order valence-corrected chi connectivity index (χ1v) is 9.64. The lowest BCUT2D eigenvalue weighted by Crippen LogP contribution is -2.19. The summed E-state index contributed by atoms with van der Waals surface area (Å²) in [6, 6.07) is 10.1. The van der Waals surface area contributed by atoms with Crippen molar-refractivity contribution in [3.63, 3.8) is 0 Å². The Morgan fingerprint density at radius 3 is 2.70 bits per heavy atom. The minimum absolute atomic E-state index is 0.299. The Labute approximate surface area is 162 Å². The molecule has 0 bridgehead atoms. The summed E-state index contributed by atoms with van der Waals surface area (Å²) in [7, 11) is 4.08. The Morgan fingerprint density at radius 1 is 1.04 bits per heavy atom. The fourth-order valence-corrected chi connectivity index (χ4v) is 3.77. The van der Waals surface area contributed by atoms with Gasteiger partial charge in [-0.1, -0.05) is 17.8 Å². The van der Waals surface area contributed by atoms with E-state index in [0.29, 0.717) is 13.3 Å². The number of fused-ring (bicyclic) bond motifs is 1. The summed E-state index contributed by atoms with van der Waals surface area (Å²) in [4.78, 5) is 6.25. The first-order chi connectivity index (χ1) is 13.2. The van der Waals surface area contributed by atoms with E-state index < -0.39 is 0 Å². The van der Waals surface area contributed by atoms with Crippen LogP contribution in [0.1, 0.15) is 17.0 Å². The molecule has 1 aliphatic heterocycles. The van der Waals surface area contributed by atoms with Crippen LogP contribution in [-0.2, 0) is 25.9 Å². The van der Waals surface area contributed by atoms with E-state index in [-0.39, 0.29) is 0 Å². The van der Waals surface area contributed by atoms with Gasteiger partial charge in [0.05, 0.1) is 6.54 Å². The van der Waals surface area contributed by atoms with Gasteiger partial charge in [0, 0.05) is 31.7 Å². The fraction of sp³-hybridized carbons (Fsp3) is 0.316. The van der Waals surface area contributed by atoms with Gasteiger partial charge in [-0.25, -0.2) is 0 Å². The largest absolute Gasteiger partial charge is 0.454 e. The molecule has 0 N–H and O–H groups in total. The number of benzene rings is 1. The van der Waals surface area contributed by atoms with Crippen LogP contribution < -0.4 is 9.47 Å². The van der Waals surface area contributed by atoms with Crippen LogP contribution in [0.5, 0.6) is 11.5 Å². The third kappa shape index (κ3) is 4.23. The number of rotatable bonds is 7. The summed E-state index contributed by atoms with van der Waals surface area (Å²) in [5.74, 6) is 3.41. The lowest BCUT2D eigenvalue weighted by Gasteiger charge is -2.16. The molecule has 8 heteroatoms. The van der Waals surface area contributed by atoms with Gasteiger partial charge < -0.3 is 14.0 Å². The highest BCUT2D eigenvalue weighted by Gasteiger charge is 2.15. The summed E-state index contributed by atoms with van der Waals surface area (Å²) in [5, 5.41) is 9.61. The van der Waals surface area contributed by atoms with Gasteiger partial charge in [-0.05, 0) is 42.4 Å². The molecule has 3 heterocycles. The molecule has 140 valence electrons. The van der Waals surface area contributed by atoms with Gasteiger partial charge in [0.2, 0.25) is 6.79 Å². The highest BCUT2D eigenvalue weighted by atomic mass is 32.2. The molecule has 0 saturated heterocycles. The maximum atomic E-state index is 5.45. The number of hydrogen-bond acceptors (Lipinski definition) is 7. The molecule has 0 atom stereocenters. The van der Waals surface area contributed by atoms with E-state index in [1.54, 1.807) is 11.8 Å². The summed E-state index contributed by atoms with van der Waals surface area (Å²) >= 11 is 1.68. The van der Waals surface area contributed by atoms with Crippen LogP contribution in [-0.4, -0.2) is 38.5 Å². The zero-order chi connectivity index (χ0) is 18.6. The minimum Gasteiger partial charge on any atom is -0.454 e. The smallest absolute Gasteiger partial charge is 0.231 e. The standard InChI is InChI=1S/C19H21N5O2S/c1-23(10-15-3-4-16-17(9-15)26-13-25-16)11-18-21-22-19(24(18)2)27-12-14-5-7-20-8-6-14/h3-9H,10-13H2,1-2H3. The molecule has 0 radical (unpaired) electrons. The fourth-order valence-electron chi connectivity index (χ4n) is 2.88. The van der Waals surface area contributed by atoms with E-state index in [9.17, 15) is 0 Å². The van der Waals surface area contributed by atoms with Crippen molar-refractivity contribution in [3.05, 3.63) is 59.7 Å². The molecule has 0 aliphatic carbocycles. The zero-order valence-electron chi connectivity index (χ0n) is 15.3. The lowest BCUT2D eigenvalue weighted by molar-refractivity contribution is 0.174. The Morgan fingerprint density at radius 2 is 1.85 bits per heavy atom. The molecule has 2 aromatic heterocycles. The van der Waals surface area contributed by atoms with Crippen molar-refractivity contribution in [2.75, 3.05) is 13.8 Å². The third-order valence-corrected chi connectivity index (χ3v) is 5.43. The van der Waals surface area contributed by atoms with E-state index in [1.807, 2.05) is 43.7 Å². The van der Waals surface area contributed by atoms with Crippen molar-refractivity contribution in [2.24, 2.45) is 7.05 Å². The number of thioether (sulfide) groups is 1. The van der Waals surface area contributed by atoms with E-state index in [4.69, 9.17) is 9.47 Å². The number of aromatic nitrogens is 4. The molecule has 0 spiro atoms. The van der Waals surface area contributed by atoms with E-state index in [2.05, 4.69) is 37.8 Å². The second kappa shape index (κ2) is 7.98. The molecule has 1 aromatic carbocycles. The quantitative estimate of drug-likeness (QED) is 0.581. The maximum Gasteiger partial charge on any atom is 0.231 e. The number of nitrogens with zero attached hydrogens (tertiary/aromatic N) is 5. The number of ether oxygens (including phenoxy) is 2. The second-order valence-corrected chi connectivity index (χ2v) is 7.40. The first kappa shape index (κ1) is 17.8. The van der Waals surface area contributed by atoms with Gasteiger partial charge in [-0.3, -0.25) is 9.88 Å². The summed E-state index contributed by atoms with van der Waals surface area (Å²) in [6.07, 6.45) is 3.62. The summed E-state index contributed by atoms with van der Waals surface area (Å²) in [5.41, 5.74) is 2.40. The van der Waals surface area contributed by atoms with E-state index >= 15 is 0 Å². The minimum atomic E-state index is 0.299. The molecule has 0 saturated carbocycles. The van der Waals surface area contributed by atoms with Crippen LogP contribution in [0.15, 0.2) is 47.9 Å². The predicted molar refractivity (Wildman–Crippen MR) is 103 cm³/mol. The lowest BCUT2D eigenvalue weighted by atomic mass is 10.2. The highest BCUT2D eigenvalue weighted by Crippen LogP contribution is 2.32. The van der Waals surface area contributed by atoms with Crippen LogP contribution in [0.4, 0.5) is 0 Å². The van der Waals surface area contributed by atoms with Crippen molar-refractivity contribution in [2.45, 2.75) is 24.0 Å². The molecule has 3 aromatic rings. The molecule has 7 nitrogen and oxygen atoms in total. The Hall–Kier alpha value is -2.58. The van der Waals surface area contributed by atoms with Crippen molar-refractivity contribution < 1.29 is 9.47 Å². The molecule has 0 amide bonds. The SMILES string of the molecule is CN(Cc1ccc2c(c1)OCO2)Cc1nnc(SCc2ccncc2)n1C. The Kier molecular flexibility index (Phi) is 5.26. The van der Waals surface area contributed by atoms with Crippen molar-refractivity contribution >= 4 is 11.8 Å². The third-order valence-electron chi connectivity index (χ3n) is 4.34. The number of pyridine rings is 1. The Balaban J connectivity index is 1.35. The monoisotopic (exact) mass is 383 g/mol. The molecular formula is C19H21N5O2S. The number of hydrogen-bond donors (Lipinski definition) is 0. The van der Waals surface area contributed by atoms with Gasteiger partial charge in [0.1, 0.15) is 5.82 Å². The van der Waals surface area contributed by atoms with Crippen LogP contribution in [0.3, 0.4) is 0 Å². The van der Waals surface area contributed by atoms with Crippen molar-refractivity contribution in [3.8, 4) is 11.5 Å². The van der Waals surface area contributed by atoms with Crippen LogP contribution in [0.25, 0.3) is 0 Å². The van der Waals surface area contributed by atoms with Crippen LogP contribution in [0.2, 0.25) is 0 Å². The zero-order valence-corrected chi connectivity index (χ0v) is 16.1. The molecule has 4 rings (SSSR count). The summed E-state index contributed by atoms with van der Waals surface area (Å²) < 4.78 is 12.9. The van der Waals surface area contributed by atoms with Gasteiger partial charge in [0.15, 0.2) is 16.7 Å². The molecule has 0 unspecified atom stereocenters. The molecule has 1 aliphatic rings. The average molecular weight is 383 g/mol. The maximum absolute atomic E-state index is 5.45. The summed E-state index contributed by atoms with van der Waals surface area (Å²) in [6.45, 7) is 1.81. The first-order valence-electron chi connectivity index (χ1n) is 8.66. The van der Waals surface area contributed by atoms with E-state index in [1.165, 1.54) is 11.1 Å². The van der Waals surface area contributed by atoms with Gasteiger partial charge in [0.25, 0.3) is 0 Å². The predicted octanol–water partition coefficient (Wildman–Crippen LogP) is 2.86. The van der Waals surface area contributed by atoms with E-state index in [0.717, 1.165) is 34.8 Å². The molecule has 27 heavy (non-hydrogen) atoms. The normalized spacial score (nSPS) is 12.7. The van der Waals surface area contributed by atoms with Crippen molar-refractivity contribution in [1.29, 1.82) is 0 Å². The van der Waals surface area contributed by atoms with Crippen molar-refractivity contribution in [1.82, 2.24) is 24.6 Å². The van der Waals surface area contributed by atoms with Gasteiger partial charge >= 0.3 is 0 Å². The highest BCUT2D eigenvalue weighted by molar-refractivity contribution is 7.98. The van der Waals surface area contributed by atoms with Crippen LogP contribution in [0, 0.1) is 0 Å². The van der Waals surface area contributed by atoms with Gasteiger partial charge in [-0.2, -0.15) is 0 Å².